The molecule has 0 amide bonds. The molecule has 0 unspecified atom stereocenters. The molecule has 0 radical (unpaired) electrons. The summed E-state index contributed by atoms with van der Waals surface area (Å²) in [6.07, 6.45) is 6.75. The molecule has 0 spiro atoms. The van der Waals surface area contributed by atoms with Crippen LogP contribution >= 0.6 is 0 Å². The van der Waals surface area contributed by atoms with Gasteiger partial charge < -0.3 is 20.0 Å². The monoisotopic (exact) mass is 281 g/mol. The number of rotatable bonds is 11. The molecule has 0 aliphatic carbocycles. The summed E-state index contributed by atoms with van der Waals surface area (Å²) in [6.45, 7) is 2.94. The zero-order chi connectivity index (χ0) is 15.4. The van der Waals surface area contributed by atoms with Gasteiger partial charge in [0.25, 0.3) is 0 Å². The normalized spacial score (nSPS) is 14.0. The Morgan fingerprint density at radius 2 is 1.45 bits per heavy atom. The molecule has 0 aliphatic heterocycles. The number of hydrogen-bond donors (Lipinski definition) is 2. The molecule has 0 saturated carbocycles. The topological polar surface area (TPSA) is 70.7 Å². The van der Waals surface area contributed by atoms with Gasteiger partial charge in [-0.05, 0) is 40.0 Å². The fourth-order valence-corrected chi connectivity index (χ4v) is 2.04. The number of aliphatic hydroxyl groups is 2. The van der Waals surface area contributed by atoms with Crippen LogP contribution in [0.2, 0.25) is 0 Å². The van der Waals surface area contributed by atoms with Crippen molar-refractivity contribution in [3.05, 3.63) is 0 Å². The van der Waals surface area contributed by atoms with Crippen LogP contribution < -0.4 is 0 Å². The standard InChI is InChI=1S/C15H27N3O2/c1-4-7-14(19)12-17(2)10-5-6-11-18(3)13-15(20)8-9-16/h1,14-15,19-20H,5-8,10-13H2,2-3H3/t14-,15-/m0/s1. The molecule has 5 heteroatoms. The van der Waals surface area contributed by atoms with E-state index in [-0.39, 0.29) is 6.42 Å². The van der Waals surface area contributed by atoms with Gasteiger partial charge in [-0.25, -0.2) is 0 Å². The summed E-state index contributed by atoms with van der Waals surface area (Å²) in [4.78, 5) is 4.11. The molecule has 5 nitrogen and oxygen atoms in total. The van der Waals surface area contributed by atoms with Crippen LogP contribution in [0.25, 0.3) is 0 Å². The van der Waals surface area contributed by atoms with Gasteiger partial charge in [0.1, 0.15) is 0 Å². The molecular weight excluding hydrogens is 254 g/mol. The van der Waals surface area contributed by atoms with E-state index in [1.165, 1.54) is 0 Å². The van der Waals surface area contributed by atoms with E-state index in [9.17, 15) is 10.2 Å². The lowest BCUT2D eigenvalue weighted by molar-refractivity contribution is 0.122. The largest absolute Gasteiger partial charge is 0.391 e. The molecule has 0 heterocycles. The fraction of sp³-hybridized carbons (Fsp3) is 0.800. The second kappa shape index (κ2) is 11.7. The van der Waals surface area contributed by atoms with Gasteiger partial charge in [0.05, 0.1) is 24.7 Å². The Bertz CT molecular complexity index is 290. The molecular formula is C15H27N3O2. The summed E-state index contributed by atoms with van der Waals surface area (Å²) in [5.74, 6) is 2.45. The summed E-state index contributed by atoms with van der Waals surface area (Å²) < 4.78 is 0. The molecule has 2 N–H and O–H groups in total. The Hall–Kier alpha value is -1.11. The summed E-state index contributed by atoms with van der Waals surface area (Å²) in [5, 5.41) is 27.5. The van der Waals surface area contributed by atoms with Crippen molar-refractivity contribution in [3.8, 4) is 18.4 Å². The van der Waals surface area contributed by atoms with Gasteiger partial charge in [0, 0.05) is 19.5 Å². The Labute approximate surface area is 122 Å². The number of nitriles is 1. The van der Waals surface area contributed by atoms with Crippen molar-refractivity contribution < 1.29 is 10.2 Å². The molecule has 0 aromatic heterocycles. The molecule has 0 aliphatic rings. The van der Waals surface area contributed by atoms with E-state index >= 15 is 0 Å². The third-order valence-electron chi connectivity index (χ3n) is 3.05. The Morgan fingerprint density at radius 1 is 1.00 bits per heavy atom. The van der Waals surface area contributed by atoms with Gasteiger partial charge in [-0.3, -0.25) is 0 Å². The van der Waals surface area contributed by atoms with E-state index in [1.807, 2.05) is 25.1 Å². The lowest BCUT2D eigenvalue weighted by atomic mass is 10.2. The molecule has 0 bridgehead atoms. The summed E-state index contributed by atoms with van der Waals surface area (Å²) >= 11 is 0. The minimum absolute atomic E-state index is 0.181. The van der Waals surface area contributed by atoms with Crippen LogP contribution in [0.4, 0.5) is 0 Å². The first-order valence-corrected chi connectivity index (χ1v) is 7.03. The Kier molecular flexibility index (Phi) is 11.0. The number of nitrogens with zero attached hydrogens (tertiary/aromatic N) is 3. The van der Waals surface area contributed by atoms with Crippen molar-refractivity contribution in [2.24, 2.45) is 0 Å². The molecule has 2 atom stereocenters. The number of aliphatic hydroxyl groups excluding tert-OH is 2. The van der Waals surface area contributed by atoms with Gasteiger partial charge in [-0.1, -0.05) is 0 Å². The fourth-order valence-electron chi connectivity index (χ4n) is 2.04. The van der Waals surface area contributed by atoms with Crippen molar-refractivity contribution in [1.29, 1.82) is 5.26 Å². The van der Waals surface area contributed by atoms with Crippen molar-refractivity contribution in [3.63, 3.8) is 0 Å². The lowest BCUT2D eigenvalue weighted by Crippen LogP contribution is -2.31. The summed E-state index contributed by atoms with van der Waals surface area (Å²) in [6, 6.07) is 1.96. The van der Waals surface area contributed by atoms with Crippen LogP contribution in [0.1, 0.15) is 25.7 Å². The average molecular weight is 281 g/mol. The van der Waals surface area contributed by atoms with Crippen molar-refractivity contribution >= 4 is 0 Å². The zero-order valence-corrected chi connectivity index (χ0v) is 12.6. The maximum absolute atomic E-state index is 9.57. The van der Waals surface area contributed by atoms with Crippen LogP contribution in [-0.4, -0.2) is 72.5 Å². The van der Waals surface area contributed by atoms with E-state index in [2.05, 4.69) is 10.8 Å². The maximum Gasteiger partial charge on any atom is 0.0796 e. The van der Waals surface area contributed by atoms with E-state index in [0.29, 0.717) is 19.5 Å². The smallest absolute Gasteiger partial charge is 0.0796 e. The first kappa shape index (κ1) is 18.9. The van der Waals surface area contributed by atoms with Crippen LogP contribution in [0.5, 0.6) is 0 Å². The second-order valence-electron chi connectivity index (χ2n) is 5.31. The first-order valence-electron chi connectivity index (χ1n) is 7.03. The molecule has 0 rings (SSSR count). The van der Waals surface area contributed by atoms with Crippen molar-refractivity contribution in [1.82, 2.24) is 9.80 Å². The van der Waals surface area contributed by atoms with Crippen LogP contribution in [0.3, 0.4) is 0 Å². The number of hydrogen-bond acceptors (Lipinski definition) is 5. The van der Waals surface area contributed by atoms with Crippen LogP contribution in [0, 0.1) is 23.7 Å². The third kappa shape index (κ3) is 10.8. The van der Waals surface area contributed by atoms with E-state index < -0.39 is 12.2 Å². The highest BCUT2D eigenvalue weighted by Crippen LogP contribution is 2.00. The predicted molar refractivity (Wildman–Crippen MR) is 79.9 cm³/mol. The van der Waals surface area contributed by atoms with Crippen molar-refractivity contribution in [2.75, 3.05) is 40.3 Å². The first-order chi connectivity index (χ1) is 9.49. The van der Waals surface area contributed by atoms with Gasteiger partial charge in [-0.2, -0.15) is 5.26 Å². The van der Waals surface area contributed by atoms with Gasteiger partial charge in [0.2, 0.25) is 0 Å². The quantitative estimate of drug-likeness (QED) is 0.421. The van der Waals surface area contributed by atoms with Crippen molar-refractivity contribution in [2.45, 2.75) is 37.9 Å². The minimum Gasteiger partial charge on any atom is -0.391 e. The molecule has 0 aromatic carbocycles. The highest BCUT2D eigenvalue weighted by molar-refractivity contribution is 4.87. The van der Waals surface area contributed by atoms with Crippen LogP contribution in [-0.2, 0) is 0 Å². The Morgan fingerprint density at radius 3 is 1.85 bits per heavy atom. The minimum atomic E-state index is -0.563. The predicted octanol–water partition coefficient (Wildman–Crippen LogP) is 0.289. The summed E-state index contributed by atoms with van der Waals surface area (Å²) in [5.41, 5.74) is 0. The zero-order valence-electron chi connectivity index (χ0n) is 12.6. The SMILES string of the molecule is C#CC[C@H](O)CN(C)CCCCN(C)C[C@@H](O)CC#N. The molecule has 0 fully saturated rings. The average Bonchev–Trinajstić information content (AvgIpc) is 2.35. The van der Waals surface area contributed by atoms with Gasteiger partial charge in [0.15, 0.2) is 0 Å². The molecule has 114 valence electrons. The van der Waals surface area contributed by atoms with Gasteiger partial charge in [-0.15, -0.1) is 12.3 Å². The Balaban J connectivity index is 3.60. The highest BCUT2D eigenvalue weighted by atomic mass is 16.3. The third-order valence-corrected chi connectivity index (χ3v) is 3.05. The second-order valence-corrected chi connectivity index (χ2v) is 5.31. The maximum atomic E-state index is 9.57. The van der Waals surface area contributed by atoms with Crippen LogP contribution in [0.15, 0.2) is 0 Å². The lowest BCUT2D eigenvalue weighted by Gasteiger charge is -2.21. The van der Waals surface area contributed by atoms with E-state index in [4.69, 9.17) is 11.7 Å². The summed E-state index contributed by atoms with van der Waals surface area (Å²) in [7, 11) is 3.92. The number of unbranched alkanes of at least 4 members (excludes halogenated alkanes) is 1. The number of terminal acetylenes is 1. The van der Waals surface area contributed by atoms with E-state index in [0.717, 1.165) is 25.9 Å². The van der Waals surface area contributed by atoms with Gasteiger partial charge >= 0.3 is 0 Å². The molecule has 0 saturated heterocycles. The molecule has 20 heavy (non-hydrogen) atoms. The molecule has 0 aromatic rings. The van der Waals surface area contributed by atoms with E-state index in [1.54, 1.807) is 0 Å². The highest BCUT2D eigenvalue weighted by Gasteiger charge is 2.08. The number of likely N-dealkylation sites (N-methyl/N-ethyl adjacent to an activating group) is 2.